The summed E-state index contributed by atoms with van der Waals surface area (Å²) in [6.07, 6.45) is 4.88. The lowest BCUT2D eigenvalue weighted by molar-refractivity contribution is 0.317. The molecule has 0 saturated heterocycles. The van der Waals surface area contributed by atoms with Gasteiger partial charge in [-0.3, -0.25) is 0 Å². The molecule has 0 spiro atoms. The van der Waals surface area contributed by atoms with Crippen molar-refractivity contribution in [3.63, 3.8) is 0 Å². The lowest BCUT2D eigenvalue weighted by Crippen LogP contribution is -2.23. The third-order valence-electron chi connectivity index (χ3n) is 3.36. The molecule has 0 aliphatic heterocycles. The summed E-state index contributed by atoms with van der Waals surface area (Å²) in [4.78, 5) is 0. The van der Waals surface area contributed by atoms with E-state index in [0.717, 1.165) is 11.0 Å². The molecule has 7 heteroatoms. The normalized spacial score (nSPS) is 22.2. The summed E-state index contributed by atoms with van der Waals surface area (Å²) in [5, 5.41) is 21.1. The Morgan fingerprint density at radius 1 is 1.44 bits per heavy atom. The molecule has 3 N–H and O–H groups in total. The van der Waals surface area contributed by atoms with Gasteiger partial charge in [0.05, 0.1) is 5.25 Å². The van der Waals surface area contributed by atoms with Crippen molar-refractivity contribution in [3.8, 4) is 0 Å². The quantitative estimate of drug-likeness (QED) is 0.279. The summed E-state index contributed by atoms with van der Waals surface area (Å²) in [7, 11) is 0. The van der Waals surface area contributed by atoms with Crippen LogP contribution in [-0.4, -0.2) is 31.1 Å². The maximum atomic E-state index is 8.68. The zero-order valence-electron chi connectivity index (χ0n) is 10.3. The summed E-state index contributed by atoms with van der Waals surface area (Å²) >= 11 is 1.51. The number of amidine groups is 1. The molecule has 98 valence electrons. The fourth-order valence-electron chi connectivity index (χ4n) is 1.96. The Morgan fingerprint density at radius 2 is 2.17 bits per heavy atom. The number of oxime groups is 1. The van der Waals surface area contributed by atoms with Crippen LogP contribution in [0.4, 0.5) is 0 Å². The van der Waals surface area contributed by atoms with E-state index < -0.39 is 0 Å². The number of nitrogens with two attached hydrogens (primary N) is 1. The third-order valence-corrected chi connectivity index (χ3v) is 4.44. The monoisotopic (exact) mass is 267 g/mol. The smallest absolute Gasteiger partial charge is 0.192 e. The Kier molecular flexibility index (Phi) is 2.93. The predicted octanol–water partition coefficient (Wildman–Crippen LogP) is 1.72. The van der Waals surface area contributed by atoms with Gasteiger partial charge in [-0.05, 0) is 32.6 Å². The van der Waals surface area contributed by atoms with Crippen molar-refractivity contribution in [2.75, 3.05) is 0 Å². The molecule has 6 nitrogen and oxygen atoms in total. The van der Waals surface area contributed by atoms with E-state index in [0.29, 0.717) is 12.0 Å². The standard InChI is InChI=1S/C11H17N5OS/c1-6(9(12)15-17)18-11-14-13-10(7-2-3-7)16(11)8-4-5-8/h6-8,17H,2-5H2,1H3,(H2,12,15). The van der Waals surface area contributed by atoms with Crippen LogP contribution in [-0.2, 0) is 0 Å². The van der Waals surface area contributed by atoms with E-state index in [2.05, 4.69) is 19.9 Å². The molecule has 1 aromatic heterocycles. The number of rotatable bonds is 5. The molecular weight excluding hydrogens is 250 g/mol. The van der Waals surface area contributed by atoms with E-state index in [-0.39, 0.29) is 11.1 Å². The number of thioether (sulfide) groups is 1. The minimum Gasteiger partial charge on any atom is -0.409 e. The molecule has 0 amide bonds. The Morgan fingerprint density at radius 3 is 2.72 bits per heavy atom. The molecule has 1 atom stereocenters. The van der Waals surface area contributed by atoms with E-state index in [9.17, 15) is 0 Å². The molecule has 2 fully saturated rings. The summed E-state index contributed by atoms with van der Waals surface area (Å²) in [6.45, 7) is 1.91. The Hall–Kier alpha value is -1.24. The van der Waals surface area contributed by atoms with E-state index >= 15 is 0 Å². The summed E-state index contributed by atoms with van der Waals surface area (Å²) in [6, 6.07) is 0.567. The van der Waals surface area contributed by atoms with E-state index in [4.69, 9.17) is 10.9 Å². The third kappa shape index (κ3) is 2.19. The molecule has 1 aromatic rings. The van der Waals surface area contributed by atoms with Crippen molar-refractivity contribution >= 4 is 17.6 Å². The van der Waals surface area contributed by atoms with Gasteiger partial charge in [0.1, 0.15) is 5.82 Å². The van der Waals surface area contributed by atoms with Crippen molar-refractivity contribution in [2.45, 2.75) is 55.0 Å². The van der Waals surface area contributed by atoms with Gasteiger partial charge in [0.25, 0.3) is 0 Å². The van der Waals surface area contributed by atoms with Gasteiger partial charge in [-0.15, -0.1) is 10.2 Å². The number of hydrogen-bond donors (Lipinski definition) is 2. The maximum absolute atomic E-state index is 8.68. The van der Waals surface area contributed by atoms with Gasteiger partial charge in [-0.2, -0.15) is 0 Å². The topological polar surface area (TPSA) is 89.3 Å². The predicted molar refractivity (Wildman–Crippen MR) is 69.0 cm³/mol. The van der Waals surface area contributed by atoms with Crippen LogP contribution in [0.1, 0.15) is 50.4 Å². The second-order valence-corrected chi connectivity index (χ2v) is 6.31. The van der Waals surface area contributed by atoms with E-state index in [1.807, 2.05) is 6.92 Å². The average Bonchev–Trinajstić information content (AvgIpc) is 3.27. The first kappa shape index (κ1) is 11.8. The first-order valence-corrected chi connectivity index (χ1v) is 7.17. The summed E-state index contributed by atoms with van der Waals surface area (Å²) < 4.78 is 2.27. The highest BCUT2D eigenvalue weighted by atomic mass is 32.2. The molecule has 2 saturated carbocycles. The molecule has 3 rings (SSSR count). The lowest BCUT2D eigenvalue weighted by atomic mass is 10.4. The molecule has 2 aliphatic carbocycles. The van der Waals surface area contributed by atoms with Crippen molar-refractivity contribution < 1.29 is 5.21 Å². The highest BCUT2D eigenvalue weighted by Gasteiger charge is 2.36. The Bertz CT molecular complexity index is 478. The van der Waals surface area contributed by atoms with Gasteiger partial charge in [-0.25, -0.2) is 0 Å². The summed E-state index contributed by atoms with van der Waals surface area (Å²) in [5.74, 6) is 1.96. The average molecular weight is 267 g/mol. The van der Waals surface area contributed by atoms with E-state index in [1.54, 1.807) is 0 Å². The van der Waals surface area contributed by atoms with Gasteiger partial charge < -0.3 is 15.5 Å². The molecule has 0 bridgehead atoms. The van der Waals surface area contributed by atoms with Crippen LogP contribution in [0.15, 0.2) is 10.3 Å². The second kappa shape index (κ2) is 4.46. The molecule has 1 heterocycles. The van der Waals surface area contributed by atoms with Crippen LogP contribution in [0.3, 0.4) is 0 Å². The van der Waals surface area contributed by atoms with Gasteiger partial charge in [0.2, 0.25) is 0 Å². The van der Waals surface area contributed by atoms with Gasteiger partial charge in [0, 0.05) is 12.0 Å². The molecule has 2 aliphatic rings. The van der Waals surface area contributed by atoms with Gasteiger partial charge in [-0.1, -0.05) is 16.9 Å². The van der Waals surface area contributed by atoms with Crippen molar-refractivity contribution in [1.82, 2.24) is 14.8 Å². The SMILES string of the molecule is CC(Sc1nnc(C2CC2)n1C1CC1)C(N)=NO. The van der Waals surface area contributed by atoms with E-state index in [1.165, 1.54) is 37.4 Å². The first-order valence-electron chi connectivity index (χ1n) is 6.29. The highest BCUT2D eigenvalue weighted by molar-refractivity contribution is 8.00. The van der Waals surface area contributed by atoms with Crippen LogP contribution in [0.2, 0.25) is 0 Å². The van der Waals surface area contributed by atoms with Crippen LogP contribution < -0.4 is 5.73 Å². The highest BCUT2D eigenvalue weighted by Crippen LogP contribution is 2.46. The zero-order chi connectivity index (χ0) is 12.7. The molecule has 1 unspecified atom stereocenters. The number of aromatic nitrogens is 3. The van der Waals surface area contributed by atoms with Crippen LogP contribution in [0, 0.1) is 0 Å². The zero-order valence-corrected chi connectivity index (χ0v) is 11.1. The first-order chi connectivity index (χ1) is 8.70. The fourth-order valence-corrected chi connectivity index (χ4v) is 2.89. The molecule has 0 aromatic carbocycles. The van der Waals surface area contributed by atoms with Crippen molar-refractivity contribution in [3.05, 3.63) is 5.82 Å². The summed E-state index contributed by atoms with van der Waals surface area (Å²) in [5.41, 5.74) is 5.61. The minimum absolute atomic E-state index is 0.0937. The second-order valence-electron chi connectivity index (χ2n) is 5.00. The van der Waals surface area contributed by atoms with Crippen LogP contribution >= 0.6 is 11.8 Å². The van der Waals surface area contributed by atoms with Crippen molar-refractivity contribution in [2.24, 2.45) is 10.9 Å². The maximum Gasteiger partial charge on any atom is 0.192 e. The largest absolute Gasteiger partial charge is 0.409 e. The van der Waals surface area contributed by atoms with Crippen LogP contribution in [0.5, 0.6) is 0 Å². The Balaban J connectivity index is 1.83. The fraction of sp³-hybridized carbons (Fsp3) is 0.727. The van der Waals surface area contributed by atoms with Crippen molar-refractivity contribution in [1.29, 1.82) is 0 Å². The molecule has 18 heavy (non-hydrogen) atoms. The number of nitrogens with zero attached hydrogens (tertiary/aromatic N) is 4. The van der Waals surface area contributed by atoms with Gasteiger partial charge >= 0.3 is 0 Å². The van der Waals surface area contributed by atoms with Crippen LogP contribution in [0.25, 0.3) is 0 Å². The number of hydrogen-bond acceptors (Lipinski definition) is 5. The molecule has 0 radical (unpaired) electrons. The van der Waals surface area contributed by atoms with Gasteiger partial charge in [0.15, 0.2) is 11.0 Å². The minimum atomic E-state index is -0.0937. The Labute approximate surface area is 110 Å². The molecular formula is C11H17N5OS. The lowest BCUT2D eigenvalue weighted by Gasteiger charge is -2.11.